The zero-order chi connectivity index (χ0) is 15.4. The molecule has 2 aliphatic rings. The van der Waals surface area contributed by atoms with E-state index in [-0.39, 0.29) is 11.6 Å². The minimum absolute atomic E-state index is 0.0620. The summed E-state index contributed by atoms with van der Waals surface area (Å²) in [5, 5.41) is 0. The lowest BCUT2D eigenvalue weighted by atomic mass is 9.73. The molecule has 3 heteroatoms. The molecule has 0 N–H and O–H groups in total. The number of fused-ring (bicyclic) bond motifs is 2. The van der Waals surface area contributed by atoms with Gasteiger partial charge in [-0.05, 0) is 19.8 Å². The van der Waals surface area contributed by atoms with Gasteiger partial charge in [-0.3, -0.25) is 9.59 Å². The summed E-state index contributed by atoms with van der Waals surface area (Å²) in [6.45, 7) is 8.00. The first-order chi connectivity index (χ1) is 9.83. The van der Waals surface area contributed by atoms with Crippen molar-refractivity contribution in [2.45, 2.75) is 45.3 Å². The highest BCUT2D eigenvalue weighted by atomic mass is 16.6. The first-order valence-electron chi connectivity index (χ1n) is 7.39. The van der Waals surface area contributed by atoms with Gasteiger partial charge in [0.2, 0.25) is 0 Å². The molecule has 0 amide bonds. The van der Waals surface area contributed by atoms with Crippen LogP contribution >= 0.6 is 0 Å². The highest BCUT2D eigenvalue weighted by molar-refractivity contribution is 6.25. The maximum Gasteiger partial charge on any atom is 0.199 e. The van der Waals surface area contributed by atoms with Gasteiger partial charge in [0.1, 0.15) is 0 Å². The van der Waals surface area contributed by atoms with Crippen LogP contribution in [0, 0.1) is 5.92 Å². The van der Waals surface area contributed by atoms with Gasteiger partial charge in [0.05, 0.1) is 0 Å². The summed E-state index contributed by atoms with van der Waals surface area (Å²) in [5.41, 5.74) is 0.206. The van der Waals surface area contributed by atoms with Crippen molar-refractivity contribution in [1.82, 2.24) is 0 Å². The molecule has 21 heavy (non-hydrogen) atoms. The maximum absolute atomic E-state index is 12.8. The van der Waals surface area contributed by atoms with E-state index < -0.39 is 11.2 Å². The molecule has 1 fully saturated rings. The van der Waals surface area contributed by atoms with E-state index in [1.54, 1.807) is 31.2 Å². The van der Waals surface area contributed by atoms with E-state index in [0.717, 1.165) is 0 Å². The van der Waals surface area contributed by atoms with Crippen LogP contribution in [0.3, 0.4) is 0 Å². The molecule has 0 aromatic heterocycles. The van der Waals surface area contributed by atoms with Crippen molar-refractivity contribution >= 4 is 11.6 Å². The van der Waals surface area contributed by atoms with Crippen LogP contribution < -0.4 is 0 Å². The van der Waals surface area contributed by atoms with Gasteiger partial charge in [-0.25, -0.2) is 0 Å². The molecule has 3 nitrogen and oxygen atoms in total. The fraction of sp³-hybridized carbons (Fsp3) is 0.444. The molecular formula is C18H20O3. The third-order valence-electron chi connectivity index (χ3n) is 4.95. The number of hydrogen-bond donors (Lipinski definition) is 0. The summed E-state index contributed by atoms with van der Waals surface area (Å²) in [5.74, 6) is 0.286. The maximum atomic E-state index is 12.8. The fourth-order valence-corrected chi connectivity index (χ4v) is 3.04. The van der Waals surface area contributed by atoms with Gasteiger partial charge >= 0.3 is 0 Å². The Morgan fingerprint density at radius 2 is 1.76 bits per heavy atom. The molecule has 2 atom stereocenters. The van der Waals surface area contributed by atoms with Crippen molar-refractivity contribution in [3.05, 3.63) is 47.0 Å². The number of allylic oxidation sites excluding steroid dienone is 1. The predicted octanol–water partition coefficient (Wildman–Crippen LogP) is 3.59. The molecule has 3 rings (SSSR count). The molecule has 0 spiro atoms. The molecular weight excluding hydrogens is 264 g/mol. The number of benzene rings is 1. The Kier molecular flexibility index (Phi) is 2.96. The van der Waals surface area contributed by atoms with Crippen LogP contribution in [0.4, 0.5) is 0 Å². The van der Waals surface area contributed by atoms with Crippen LogP contribution in [-0.4, -0.2) is 22.8 Å². The van der Waals surface area contributed by atoms with Crippen molar-refractivity contribution < 1.29 is 14.3 Å². The van der Waals surface area contributed by atoms with Crippen molar-refractivity contribution in [2.75, 3.05) is 0 Å². The van der Waals surface area contributed by atoms with Crippen LogP contribution in [0.1, 0.15) is 54.8 Å². The number of Topliss-reactive ketones (excluding diaryl/α,β-unsaturated/α-hetero) is 2. The smallest absolute Gasteiger partial charge is 0.199 e. The third kappa shape index (κ3) is 1.77. The fourth-order valence-electron chi connectivity index (χ4n) is 3.04. The van der Waals surface area contributed by atoms with Gasteiger partial charge in [-0.15, -0.1) is 0 Å². The minimum atomic E-state index is -0.994. The van der Waals surface area contributed by atoms with E-state index >= 15 is 0 Å². The molecule has 0 saturated carbocycles. The third-order valence-corrected chi connectivity index (χ3v) is 4.95. The molecule has 0 radical (unpaired) electrons. The normalized spacial score (nSPS) is 31.2. The number of hydrogen-bond acceptors (Lipinski definition) is 3. The van der Waals surface area contributed by atoms with Gasteiger partial charge in [-0.1, -0.05) is 49.8 Å². The standard InChI is InChI=1S/C18H20O3/c1-11(2)12(3)9-10-18-16(20)14-8-6-5-7-13(14)15(19)17(18,4)21-18/h5-9,11H,10H2,1-4H3/b12-9+. The lowest BCUT2D eigenvalue weighted by Gasteiger charge is -2.22. The Hall–Kier alpha value is -1.74. The molecule has 0 bridgehead atoms. The number of carbonyl (C=O) groups is 2. The second-order valence-electron chi connectivity index (χ2n) is 6.47. The van der Waals surface area contributed by atoms with Crippen LogP contribution in [0.15, 0.2) is 35.9 Å². The van der Waals surface area contributed by atoms with Crippen molar-refractivity contribution in [1.29, 1.82) is 0 Å². The average molecular weight is 284 g/mol. The molecule has 110 valence electrons. The Labute approximate surface area is 125 Å². The van der Waals surface area contributed by atoms with Gasteiger partial charge in [0, 0.05) is 17.5 Å². The molecule has 1 aromatic carbocycles. The molecule has 1 aliphatic heterocycles. The molecule has 1 aromatic rings. The van der Waals surface area contributed by atoms with Crippen LogP contribution in [0.25, 0.3) is 0 Å². The Bertz CT molecular complexity index is 671. The number of epoxide rings is 1. The summed E-state index contributed by atoms with van der Waals surface area (Å²) in [6, 6.07) is 7.00. The second-order valence-corrected chi connectivity index (χ2v) is 6.47. The number of rotatable bonds is 3. The molecule has 1 aliphatic carbocycles. The Morgan fingerprint density at radius 3 is 2.33 bits per heavy atom. The van der Waals surface area contributed by atoms with Crippen molar-refractivity contribution in [3.63, 3.8) is 0 Å². The minimum Gasteiger partial charge on any atom is -0.345 e. The summed E-state index contributed by atoms with van der Waals surface area (Å²) in [6.07, 6.45) is 2.50. The molecule has 1 saturated heterocycles. The average Bonchev–Trinajstić information content (AvgIpc) is 3.11. The monoisotopic (exact) mass is 284 g/mol. The van der Waals surface area contributed by atoms with Crippen LogP contribution in [-0.2, 0) is 4.74 Å². The van der Waals surface area contributed by atoms with Gasteiger partial charge in [0.25, 0.3) is 0 Å². The van der Waals surface area contributed by atoms with Gasteiger partial charge < -0.3 is 4.74 Å². The number of ketones is 2. The summed E-state index contributed by atoms with van der Waals surface area (Å²) in [4.78, 5) is 25.4. The lowest BCUT2D eigenvalue weighted by molar-refractivity contribution is 0.0847. The number of carbonyl (C=O) groups excluding carboxylic acids is 2. The van der Waals surface area contributed by atoms with E-state index in [2.05, 4.69) is 13.8 Å². The summed E-state index contributed by atoms with van der Waals surface area (Å²) >= 11 is 0. The lowest BCUT2D eigenvalue weighted by Crippen LogP contribution is -2.43. The first kappa shape index (κ1) is 14.2. The summed E-state index contributed by atoms with van der Waals surface area (Å²) < 4.78 is 5.75. The van der Waals surface area contributed by atoms with E-state index in [1.165, 1.54) is 5.57 Å². The Balaban J connectivity index is 2.02. The van der Waals surface area contributed by atoms with Crippen LogP contribution in [0.2, 0.25) is 0 Å². The number of ether oxygens (including phenoxy) is 1. The van der Waals surface area contributed by atoms with E-state index in [1.807, 2.05) is 13.0 Å². The first-order valence-corrected chi connectivity index (χ1v) is 7.39. The van der Waals surface area contributed by atoms with Crippen molar-refractivity contribution in [3.8, 4) is 0 Å². The van der Waals surface area contributed by atoms with Crippen molar-refractivity contribution in [2.24, 2.45) is 5.92 Å². The van der Waals surface area contributed by atoms with Gasteiger partial charge in [-0.2, -0.15) is 0 Å². The summed E-state index contributed by atoms with van der Waals surface area (Å²) in [7, 11) is 0. The topological polar surface area (TPSA) is 46.7 Å². The zero-order valence-corrected chi connectivity index (χ0v) is 12.9. The van der Waals surface area contributed by atoms with E-state index in [4.69, 9.17) is 4.74 Å². The van der Waals surface area contributed by atoms with E-state index in [0.29, 0.717) is 23.5 Å². The largest absolute Gasteiger partial charge is 0.345 e. The highest BCUT2D eigenvalue weighted by Crippen LogP contribution is 2.57. The zero-order valence-electron chi connectivity index (χ0n) is 12.9. The molecule has 1 heterocycles. The van der Waals surface area contributed by atoms with Gasteiger partial charge in [0.15, 0.2) is 22.8 Å². The van der Waals surface area contributed by atoms with E-state index in [9.17, 15) is 9.59 Å². The van der Waals surface area contributed by atoms with Crippen LogP contribution in [0.5, 0.6) is 0 Å². The SMILES string of the molecule is C/C(=C\CC12OC1(C)C(=O)c1ccccc1C2=O)C(C)C. The molecule has 2 unspecified atom stereocenters. The Morgan fingerprint density at radius 1 is 1.19 bits per heavy atom. The predicted molar refractivity (Wildman–Crippen MR) is 80.5 cm³/mol. The highest BCUT2D eigenvalue weighted by Gasteiger charge is 2.77. The quantitative estimate of drug-likeness (QED) is 0.629. The second kappa shape index (κ2) is 4.38.